The van der Waals surface area contributed by atoms with Crippen molar-refractivity contribution in [1.29, 1.82) is 0 Å². The van der Waals surface area contributed by atoms with Gasteiger partial charge in [0.15, 0.2) is 0 Å². The van der Waals surface area contributed by atoms with E-state index in [9.17, 15) is 0 Å². The molecule has 0 heterocycles. The smallest absolute Gasteiger partial charge is 0.0255 e. The normalized spacial score (nSPS) is 56.2. The van der Waals surface area contributed by atoms with E-state index in [2.05, 4.69) is 20.8 Å². The summed E-state index contributed by atoms with van der Waals surface area (Å²) in [5.74, 6) is 0.650. The summed E-state index contributed by atoms with van der Waals surface area (Å²) in [6.45, 7) is 6.97. The second-order valence-electron chi connectivity index (χ2n) is 5.39. The van der Waals surface area contributed by atoms with Crippen molar-refractivity contribution in [2.45, 2.75) is 45.7 Å². The van der Waals surface area contributed by atoms with Crippen molar-refractivity contribution in [3.63, 3.8) is 0 Å². The number of hydrogen-bond acceptors (Lipinski definition) is 2. The van der Waals surface area contributed by atoms with Gasteiger partial charge in [-0.05, 0) is 29.6 Å². The first kappa shape index (κ1) is 8.52. The molecule has 0 radical (unpaired) electrons. The lowest BCUT2D eigenvalue weighted by molar-refractivity contribution is 0.136. The summed E-state index contributed by atoms with van der Waals surface area (Å²) in [4.78, 5) is 0. The highest BCUT2D eigenvalue weighted by atomic mass is 14.9. The molecule has 2 aliphatic carbocycles. The molecule has 0 aliphatic heterocycles. The molecule has 70 valence electrons. The fraction of sp³-hybridized carbons (Fsp3) is 1.00. The third kappa shape index (κ3) is 0.647. The van der Waals surface area contributed by atoms with Gasteiger partial charge in [-0.3, -0.25) is 0 Å². The molecular formula is C10H20N2. The van der Waals surface area contributed by atoms with Crippen LogP contribution in [0.25, 0.3) is 0 Å². The van der Waals surface area contributed by atoms with Crippen molar-refractivity contribution < 1.29 is 0 Å². The molecule has 12 heavy (non-hydrogen) atoms. The fourth-order valence-corrected chi connectivity index (χ4v) is 3.51. The summed E-state index contributed by atoms with van der Waals surface area (Å²) < 4.78 is 0. The molecule has 0 saturated heterocycles. The minimum atomic E-state index is 0.214. The largest absolute Gasteiger partial charge is 0.326 e. The number of fused-ring (bicyclic) bond motifs is 2. The highest BCUT2D eigenvalue weighted by molar-refractivity contribution is 5.17. The predicted molar refractivity (Wildman–Crippen MR) is 50.6 cm³/mol. The maximum atomic E-state index is 6.15. The van der Waals surface area contributed by atoms with Crippen LogP contribution in [0.1, 0.15) is 33.6 Å². The van der Waals surface area contributed by atoms with Crippen molar-refractivity contribution in [2.24, 2.45) is 28.2 Å². The molecule has 2 bridgehead atoms. The van der Waals surface area contributed by atoms with Gasteiger partial charge < -0.3 is 11.5 Å². The van der Waals surface area contributed by atoms with E-state index in [1.54, 1.807) is 0 Å². The molecule has 0 amide bonds. The number of rotatable bonds is 0. The van der Waals surface area contributed by atoms with E-state index >= 15 is 0 Å². The summed E-state index contributed by atoms with van der Waals surface area (Å²) in [5.41, 5.74) is 12.9. The second-order valence-corrected chi connectivity index (χ2v) is 5.39. The van der Waals surface area contributed by atoms with Crippen LogP contribution in [-0.4, -0.2) is 12.1 Å². The molecule has 4 atom stereocenters. The van der Waals surface area contributed by atoms with Crippen LogP contribution in [0, 0.1) is 16.7 Å². The molecule has 0 aromatic carbocycles. The zero-order chi connectivity index (χ0) is 9.15. The Labute approximate surface area is 74.7 Å². The molecule has 0 spiro atoms. The lowest BCUT2D eigenvalue weighted by Gasteiger charge is -2.37. The lowest BCUT2D eigenvalue weighted by atomic mass is 9.69. The average molecular weight is 168 g/mol. The molecular weight excluding hydrogens is 148 g/mol. The molecule has 0 aromatic heterocycles. The van der Waals surface area contributed by atoms with Gasteiger partial charge in [-0.15, -0.1) is 0 Å². The van der Waals surface area contributed by atoms with Gasteiger partial charge in [0.1, 0.15) is 0 Å². The van der Waals surface area contributed by atoms with Crippen molar-refractivity contribution in [3.05, 3.63) is 0 Å². The van der Waals surface area contributed by atoms with Gasteiger partial charge in [0.05, 0.1) is 0 Å². The monoisotopic (exact) mass is 168 g/mol. The zero-order valence-electron chi connectivity index (χ0n) is 8.30. The maximum Gasteiger partial charge on any atom is 0.0255 e. The maximum absolute atomic E-state index is 6.15. The minimum Gasteiger partial charge on any atom is -0.326 e. The average Bonchev–Trinajstić information content (AvgIpc) is 2.26. The summed E-state index contributed by atoms with van der Waals surface area (Å²) >= 11 is 0. The van der Waals surface area contributed by atoms with Gasteiger partial charge in [-0.25, -0.2) is 0 Å². The minimum absolute atomic E-state index is 0.214. The van der Waals surface area contributed by atoms with Crippen LogP contribution in [0.15, 0.2) is 0 Å². The van der Waals surface area contributed by atoms with E-state index in [4.69, 9.17) is 11.5 Å². The molecule has 0 unspecified atom stereocenters. The van der Waals surface area contributed by atoms with Crippen molar-refractivity contribution in [3.8, 4) is 0 Å². The first-order valence-corrected chi connectivity index (χ1v) is 4.92. The molecule has 4 N–H and O–H groups in total. The van der Waals surface area contributed by atoms with E-state index in [1.165, 1.54) is 12.8 Å². The van der Waals surface area contributed by atoms with Crippen LogP contribution in [0.2, 0.25) is 0 Å². The van der Waals surface area contributed by atoms with Crippen LogP contribution >= 0.6 is 0 Å². The summed E-state index contributed by atoms with van der Waals surface area (Å²) in [6.07, 6.45) is 2.54. The van der Waals surface area contributed by atoms with Crippen LogP contribution in [0.4, 0.5) is 0 Å². The predicted octanol–water partition coefficient (Wildman–Crippen LogP) is 1.10. The highest BCUT2D eigenvalue weighted by Crippen LogP contribution is 2.64. The van der Waals surface area contributed by atoms with E-state index in [0.29, 0.717) is 11.3 Å². The quantitative estimate of drug-likeness (QED) is 0.569. The van der Waals surface area contributed by atoms with Crippen LogP contribution in [-0.2, 0) is 0 Å². The molecule has 2 nitrogen and oxygen atoms in total. The first-order chi connectivity index (χ1) is 5.41. The van der Waals surface area contributed by atoms with Crippen molar-refractivity contribution >= 4 is 0 Å². The van der Waals surface area contributed by atoms with Gasteiger partial charge in [0, 0.05) is 12.1 Å². The Morgan fingerprint density at radius 3 is 2.00 bits per heavy atom. The Morgan fingerprint density at radius 1 is 1.17 bits per heavy atom. The van der Waals surface area contributed by atoms with Crippen molar-refractivity contribution in [2.75, 3.05) is 0 Å². The van der Waals surface area contributed by atoms with Gasteiger partial charge in [0.2, 0.25) is 0 Å². The SMILES string of the molecule is CC1(C)[C@@H]2CC[C@]1(C)[C@@H](N)[C@H]2N. The molecule has 2 saturated carbocycles. The number of nitrogens with two attached hydrogens (primary N) is 2. The Balaban J connectivity index is 2.44. The Bertz CT molecular complexity index is 212. The molecule has 2 aliphatic rings. The highest BCUT2D eigenvalue weighted by Gasteiger charge is 2.63. The third-order valence-corrected chi connectivity index (χ3v) is 4.99. The van der Waals surface area contributed by atoms with Crippen molar-refractivity contribution in [1.82, 2.24) is 0 Å². The second kappa shape index (κ2) is 2.05. The lowest BCUT2D eigenvalue weighted by Crippen LogP contribution is -2.50. The van der Waals surface area contributed by atoms with Gasteiger partial charge >= 0.3 is 0 Å². The van der Waals surface area contributed by atoms with Crippen LogP contribution in [0.3, 0.4) is 0 Å². The van der Waals surface area contributed by atoms with E-state index < -0.39 is 0 Å². The van der Waals surface area contributed by atoms with E-state index in [-0.39, 0.29) is 17.5 Å². The Hall–Kier alpha value is -0.0800. The standard InChI is InChI=1S/C10H20N2/c1-9(2)6-4-5-10(9,3)8(12)7(6)11/h6-8H,4-5,11-12H2,1-3H3/t6-,7+,8+,10-/m1/s1. The van der Waals surface area contributed by atoms with Gasteiger partial charge in [0.25, 0.3) is 0 Å². The van der Waals surface area contributed by atoms with E-state index in [1.807, 2.05) is 0 Å². The fourth-order valence-electron chi connectivity index (χ4n) is 3.51. The Kier molecular flexibility index (Phi) is 1.45. The summed E-state index contributed by atoms with van der Waals surface area (Å²) in [7, 11) is 0. The Morgan fingerprint density at radius 2 is 1.75 bits per heavy atom. The third-order valence-electron chi connectivity index (χ3n) is 4.99. The van der Waals surface area contributed by atoms with Crippen LogP contribution < -0.4 is 11.5 Å². The first-order valence-electron chi connectivity index (χ1n) is 4.92. The van der Waals surface area contributed by atoms with Gasteiger partial charge in [-0.2, -0.15) is 0 Å². The van der Waals surface area contributed by atoms with E-state index in [0.717, 1.165) is 0 Å². The number of hydrogen-bond donors (Lipinski definition) is 2. The topological polar surface area (TPSA) is 52.0 Å². The molecule has 2 fully saturated rings. The summed E-state index contributed by atoms with van der Waals surface area (Å²) in [6, 6.07) is 0.449. The molecule has 2 rings (SSSR count). The summed E-state index contributed by atoms with van der Waals surface area (Å²) in [5, 5.41) is 0. The van der Waals surface area contributed by atoms with Gasteiger partial charge in [-0.1, -0.05) is 20.8 Å². The molecule has 0 aromatic rings. The van der Waals surface area contributed by atoms with Crippen LogP contribution in [0.5, 0.6) is 0 Å². The zero-order valence-corrected chi connectivity index (χ0v) is 8.30. The molecule has 2 heteroatoms.